The van der Waals surface area contributed by atoms with Gasteiger partial charge in [0.25, 0.3) is 0 Å². The predicted octanol–water partition coefficient (Wildman–Crippen LogP) is 4.65. The Morgan fingerprint density at radius 2 is 2.15 bits per heavy atom. The molecule has 0 fully saturated rings. The maximum atomic E-state index is 9.49. The molecule has 0 saturated carbocycles. The highest BCUT2D eigenvalue weighted by molar-refractivity contribution is 8.13. The normalized spacial score (nSPS) is 13.4. The van der Waals surface area contributed by atoms with Crippen LogP contribution in [0, 0.1) is 11.3 Å². The molecule has 0 amide bonds. The van der Waals surface area contributed by atoms with Crippen molar-refractivity contribution in [2.75, 3.05) is 7.05 Å². The molecule has 0 bridgehead atoms. The number of benzene rings is 2. The fourth-order valence-electron chi connectivity index (χ4n) is 3.37. The molecule has 4 nitrogen and oxygen atoms in total. The molecule has 0 saturated heterocycles. The zero-order chi connectivity index (χ0) is 19.2. The number of hydrogen-bond acceptors (Lipinski definition) is 5. The molecule has 0 heterocycles. The Bertz CT molecular complexity index is 884. The fraction of sp³-hybridized carbons (Fsp3) is 0.364. The van der Waals surface area contributed by atoms with Crippen molar-refractivity contribution in [2.45, 2.75) is 45.0 Å². The second-order valence-electron chi connectivity index (χ2n) is 6.83. The van der Waals surface area contributed by atoms with Gasteiger partial charge >= 0.3 is 0 Å². The highest BCUT2D eigenvalue weighted by Crippen LogP contribution is 2.30. The van der Waals surface area contributed by atoms with Gasteiger partial charge in [-0.2, -0.15) is 10.4 Å². The van der Waals surface area contributed by atoms with E-state index in [0.717, 1.165) is 16.4 Å². The number of thioether (sulfide) groups is 1. The summed E-state index contributed by atoms with van der Waals surface area (Å²) < 4.78 is 5.73. The number of aryl methyl sites for hydroxylation is 1. The van der Waals surface area contributed by atoms with Gasteiger partial charge in [-0.05, 0) is 68.0 Å². The molecule has 0 aliphatic heterocycles. The number of nitrogens with zero attached hydrogens (tertiary/aromatic N) is 2. The molecule has 27 heavy (non-hydrogen) atoms. The molecule has 2 aromatic rings. The number of rotatable bonds is 6. The van der Waals surface area contributed by atoms with Crippen LogP contribution in [-0.4, -0.2) is 18.2 Å². The van der Waals surface area contributed by atoms with E-state index in [1.807, 2.05) is 32.0 Å². The van der Waals surface area contributed by atoms with Crippen molar-refractivity contribution in [3.05, 3.63) is 64.2 Å². The SMILES string of the molecule is CN/N=C(\SCc1cccc2c1CCC2)c1ccc(OC(C)C)c(C#N)c1. The molecule has 5 heteroatoms. The van der Waals surface area contributed by atoms with Crippen LogP contribution in [-0.2, 0) is 18.6 Å². The molecule has 1 N–H and O–H groups in total. The minimum absolute atomic E-state index is 0.0305. The third-order valence-corrected chi connectivity index (χ3v) is 5.59. The summed E-state index contributed by atoms with van der Waals surface area (Å²) in [4.78, 5) is 0. The number of fused-ring (bicyclic) bond motifs is 1. The molecule has 0 atom stereocenters. The van der Waals surface area contributed by atoms with Crippen molar-refractivity contribution < 1.29 is 4.74 Å². The monoisotopic (exact) mass is 379 g/mol. The molecular formula is C22H25N3OS. The van der Waals surface area contributed by atoms with Crippen LogP contribution in [0.15, 0.2) is 41.5 Å². The van der Waals surface area contributed by atoms with E-state index >= 15 is 0 Å². The number of hydrazone groups is 1. The van der Waals surface area contributed by atoms with Crippen LogP contribution >= 0.6 is 11.8 Å². The van der Waals surface area contributed by atoms with Crippen LogP contribution in [0.3, 0.4) is 0 Å². The van der Waals surface area contributed by atoms with Gasteiger partial charge in [0.1, 0.15) is 16.9 Å². The zero-order valence-corrected chi connectivity index (χ0v) is 16.9. The average Bonchev–Trinajstić information content (AvgIpc) is 3.14. The van der Waals surface area contributed by atoms with Crippen molar-refractivity contribution in [3.8, 4) is 11.8 Å². The van der Waals surface area contributed by atoms with E-state index in [1.165, 1.54) is 36.0 Å². The lowest BCUT2D eigenvalue weighted by Crippen LogP contribution is -2.09. The third-order valence-electron chi connectivity index (χ3n) is 4.53. The van der Waals surface area contributed by atoms with Crippen LogP contribution < -0.4 is 10.2 Å². The van der Waals surface area contributed by atoms with Crippen molar-refractivity contribution >= 4 is 16.8 Å². The maximum absolute atomic E-state index is 9.49. The van der Waals surface area contributed by atoms with Crippen LogP contribution in [0.2, 0.25) is 0 Å². The van der Waals surface area contributed by atoms with Crippen molar-refractivity contribution in [2.24, 2.45) is 5.10 Å². The van der Waals surface area contributed by atoms with E-state index in [2.05, 4.69) is 34.8 Å². The van der Waals surface area contributed by atoms with E-state index in [9.17, 15) is 5.26 Å². The quantitative estimate of drug-likeness (QED) is 0.451. The van der Waals surface area contributed by atoms with Gasteiger partial charge in [-0.25, -0.2) is 0 Å². The summed E-state index contributed by atoms with van der Waals surface area (Å²) in [6, 6.07) is 14.5. The Kier molecular flexibility index (Phi) is 6.41. The zero-order valence-electron chi connectivity index (χ0n) is 16.1. The third kappa shape index (κ3) is 4.64. The van der Waals surface area contributed by atoms with Crippen LogP contribution in [0.4, 0.5) is 0 Å². The summed E-state index contributed by atoms with van der Waals surface area (Å²) in [6.07, 6.45) is 3.64. The van der Waals surface area contributed by atoms with Gasteiger partial charge in [-0.1, -0.05) is 30.0 Å². The van der Waals surface area contributed by atoms with Gasteiger partial charge in [0, 0.05) is 18.4 Å². The van der Waals surface area contributed by atoms with Gasteiger partial charge in [-0.15, -0.1) is 0 Å². The summed E-state index contributed by atoms with van der Waals surface area (Å²) in [7, 11) is 1.79. The molecule has 0 aromatic heterocycles. The van der Waals surface area contributed by atoms with Gasteiger partial charge in [0.2, 0.25) is 0 Å². The molecular weight excluding hydrogens is 354 g/mol. The second-order valence-corrected chi connectivity index (χ2v) is 7.79. The summed E-state index contributed by atoms with van der Waals surface area (Å²) in [6.45, 7) is 3.91. The maximum Gasteiger partial charge on any atom is 0.137 e. The standard InChI is InChI=1S/C22H25N3OS/c1-15(2)26-21-11-10-17(12-19(21)13-23)22(25-24-3)27-14-18-8-4-6-16-7-5-9-20(16)18/h4,6,8,10-12,15,24H,5,7,9,14H2,1-3H3/b25-22-. The highest BCUT2D eigenvalue weighted by Gasteiger charge is 2.16. The molecule has 2 aromatic carbocycles. The Morgan fingerprint density at radius 3 is 2.89 bits per heavy atom. The van der Waals surface area contributed by atoms with Crippen LogP contribution in [0.1, 0.15) is 48.1 Å². The molecule has 0 unspecified atom stereocenters. The van der Waals surface area contributed by atoms with E-state index in [0.29, 0.717) is 11.3 Å². The smallest absolute Gasteiger partial charge is 0.137 e. The second kappa shape index (κ2) is 8.96. The van der Waals surface area contributed by atoms with E-state index in [-0.39, 0.29) is 6.10 Å². The minimum Gasteiger partial charge on any atom is -0.490 e. The van der Waals surface area contributed by atoms with Gasteiger partial charge in [0.05, 0.1) is 11.7 Å². The highest BCUT2D eigenvalue weighted by atomic mass is 32.2. The lowest BCUT2D eigenvalue weighted by atomic mass is 10.1. The lowest BCUT2D eigenvalue weighted by molar-refractivity contribution is 0.241. The topological polar surface area (TPSA) is 57.4 Å². The fourth-order valence-corrected chi connectivity index (χ4v) is 4.38. The molecule has 3 rings (SSSR count). The van der Waals surface area contributed by atoms with E-state index in [1.54, 1.807) is 18.8 Å². The van der Waals surface area contributed by atoms with Gasteiger partial charge < -0.3 is 10.2 Å². The van der Waals surface area contributed by atoms with Gasteiger partial charge in [0.15, 0.2) is 0 Å². The molecule has 0 radical (unpaired) electrons. The largest absolute Gasteiger partial charge is 0.490 e. The van der Waals surface area contributed by atoms with Crippen molar-refractivity contribution in [1.82, 2.24) is 5.43 Å². The molecule has 140 valence electrons. The first-order valence-electron chi connectivity index (χ1n) is 9.30. The number of nitriles is 1. The van der Waals surface area contributed by atoms with Gasteiger partial charge in [-0.3, -0.25) is 0 Å². The summed E-state index contributed by atoms with van der Waals surface area (Å²) >= 11 is 1.69. The Hall–Kier alpha value is -2.45. The Morgan fingerprint density at radius 1 is 1.30 bits per heavy atom. The van der Waals surface area contributed by atoms with Crippen LogP contribution in [0.5, 0.6) is 5.75 Å². The average molecular weight is 380 g/mol. The Labute approximate surface area is 165 Å². The Balaban J connectivity index is 1.81. The number of nitrogens with one attached hydrogen (secondary N) is 1. The molecule has 1 aliphatic carbocycles. The number of ether oxygens (including phenoxy) is 1. The summed E-state index contributed by atoms with van der Waals surface area (Å²) in [5.41, 5.74) is 8.73. The minimum atomic E-state index is 0.0305. The first-order valence-corrected chi connectivity index (χ1v) is 10.3. The predicted molar refractivity (Wildman–Crippen MR) is 112 cm³/mol. The van der Waals surface area contributed by atoms with Crippen molar-refractivity contribution in [3.63, 3.8) is 0 Å². The van der Waals surface area contributed by atoms with E-state index < -0.39 is 0 Å². The lowest BCUT2D eigenvalue weighted by Gasteiger charge is -2.13. The molecule has 0 spiro atoms. The van der Waals surface area contributed by atoms with Crippen LogP contribution in [0.25, 0.3) is 0 Å². The molecule has 1 aliphatic rings. The first kappa shape index (κ1) is 19.3. The summed E-state index contributed by atoms with van der Waals surface area (Å²) in [5, 5.41) is 14.8. The first-order chi connectivity index (χ1) is 13.1. The number of hydrogen-bond donors (Lipinski definition) is 1. The van der Waals surface area contributed by atoms with Crippen molar-refractivity contribution in [1.29, 1.82) is 5.26 Å². The summed E-state index contributed by atoms with van der Waals surface area (Å²) in [5.74, 6) is 1.49. The van der Waals surface area contributed by atoms with E-state index in [4.69, 9.17) is 4.74 Å².